The topological polar surface area (TPSA) is 79.4 Å². The minimum absolute atomic E-state index is 0.000623. The molecule has 1 N–H and O–H groups in total. The second kappa shape index (κ2) is 11.0. The van der Waals surface area contributed by atoms with Crippen LogP contribution in [-0.4, -0.2) is 32.1 Å². The predicted octanol–water partition coefficient (Wildman–Crippen LogP) is 7.32. The Hall–Kier alpha value is -3.06. The monoisotopic (exact) mass is 597 g/mol. The highest BCUT2D eigenvalue weighted by molar-refractivity contribution is 8.00. The maximum Gasteiger partial charge on any atom is 0.416 e. The van der Waals surface area contributed by atoms with E-state index in [0.717, 1.165) is 43.1 Å². The number of nitrogens with zero attached hydrogens (tertiary/aromatic N) is 2. The van der Waals surface area contributed by atoms with E-state index >= 15 is 0 Å². The van der Waals surface area contributed by atoms with Crippen molar-refractivity contribution >= 4 is 72.2 Å². The van der Waals surface area contributed by atoms with Gasteiger partial charge in [0, 0.05) is 5.69 Å². The minimum atomic E-state index is -4.66. The molecule has 0 aliphatic heterocycles. The smallest absolute Gasteiger partial charge is 0.322 e. The number of sulfonamides is 1. The molecule has 3 aromatic carbocycles. The predicted molar refractivity (Wildman–Crippen MR) is 147 cm³/mol. The van der Waals surface area contributed by atoms with Gasteiger partial charge < -0.3 is 5.32 Å². The normalized spacial score (nSPS) is 11.9. The third-order valence-electron chi connectivity index (χ3n) is 5.33. The zero-order chi connectivity index (χ0) is 27.7. The zero-order valence-corrected chi connectivity index (χ0v) is 22.8. The first kappa shape index (κ1) is 28.0. The molecule has 0 radical (unpaired) electrons. The molecule has 0 atom stereocenters. The third-order valence-corrected chi connectivity index (χ3v) is 9.45. The quantitative estimate of drug-likeness (QED) is 0.170. The lowest BCUT2D eigenvalue weighted by Gasteiger charge is -2.24. The Morgan fingerprint density at radius 3 is 2.63 bits per heavy atom. The van der Waals surface area contributed by atoms with Crippen LogP contribution in [0.25, 0.3) is 10.2 Å². The van der Waals surface area contributed by atoms with Crippen molar-refractivity contribution in [1.29, 1.82) is 0 Å². The first-order valence-corrected chi connectivity index (χ1v) is 14.7. The summed E-state index contributed by atoms with van der Waals surface area (Å²) in [5.41, 5.74) is -0.0913. The van der Waals surface area contributed by atoms with Crippen molar-refractivity contribution in [3.63, 3.8) is 0 Å². The number of hydrogen-bond donors (Lipinski definition) is 1. The number of aromatic nitrogens is 1. The van der Waals surface area contributed by atoms with Crippen molar-refractivity contribution in [2.45, 2.75) is 15.4 Å². The summed E-state index contributed by atoms with van der Waals surface area (Å²) in [6.45, 7) is 3.22. The summed E-state index contributed by atoms with van der Waals surface area (Å²) < 4.78 is 69.3. The lowest BCUT2D eigenvalue weighted by molar-refractivity contribution is -0.137. The van der Waals surface area contributed by atoms with Crippen molar-refractivity contribution < 1.29 is 26.4 Å². The molecule has 4 rings (SSSR count). The van der Waals surface area contributed by atoms with Gasteiger partial charge in [-0.3, -0.25) is 9.10 Å². The maximum absolute atomic E-state index is 13.5. The molecule has 0 bridgehead atoms. The van der Waals surface area contributed by atoms with Gasteiger partial charge in [0.15, 0.2) is 4.34 Å². The number of carbonyl (C=O) groups is 1. The molecule has 38 heavy (non-hydrogen) atoms. The molecule has 1 amide bonds. The summed E-state index contributed by atoms with van der Waals surface area (Å²) in [6.07, 6.45) is -1.50. The van der Waals surface area contributed by atoms with Crippen LogP contribution in [0.5, 0.6) is 0 Å². The summed E-state index contributed by atoms with van der Waals surface area (Å²) in [6, 6.07) is 12.6. The summed E-state index contributed by atoms with van der Waals surface area (Å²) in [4.78, 5) is 17.2. The molecule has 0 unspecified atom stereocenters. The van der Waals surface area contributed by atoms with E-state index < -0.39 is 27.7 Å². The molecule has 198 valence electrons. The number of carbonyl (C=O) groups excluding carboxylic acids is 1. The second-order valence-corrected chi connectivity index (χ2v) is 12.2. The molecule has 1 aromatic heterocycles. The number of benzene rings is 3. The number of thioether (sulfide) groups is 1. The Morgan fingerprint density at radius 1 is 1.18 bits per heavy atom. The van der Waals surface area contributed by atoms with E-state index in [-0.39, 0.29) is 27.7 Å². The highest BCUT2D eigenvalue weighted by atomic mass is 35.5. The minimum Gasteiger partial charge on any atom is -0.322 e. The average Bonchev–Trinajstić information content (AvgIpc) is 3.29. The molecule has 6 nitrogen and oxygen atoms in total. The number of rotatable bonds is 8. The molecule has 0 saturated carbocycles. The van der Waals surface area contributed by atoms with Crippen LogP contribution >= 0.6 is 34.7 Å². The Balaban J connectivity index is 1.68. The molecule has 0 spiro atoms. The van der Waals surface area contributed by atoms with Crippen LogP contribution in [0.1, 0.15) is 15.9 Å². The Morgan fingerprint density at radius 2 is 1.95 bits per heavy atom. The molecule has 13 heteroatoms. The van der Waals surface area contributed by atoms with Gasteiger partial charge in [-0.05, 0) is 60.9 Å². The van der Waals surface area contributed by atoms with Crippen molar-refractivity contribution in [3.05, 3.63) is 89.5 Å². The van der Waals surface area contributed by atoms with Gasteiger partial charge >= 0.3 is 6.18 Å². The lowest BCUT2D eigenvalue weighted by Crippen LogP contribution is -2.31. The van der Waals surface area contributed by atoms with Gasteiger partial charge in [-0.15, -0.1) is 17.9 Å². The Labute approximate surface area is 230 Å². The van der Waals surface area contributed by atoms with Crippen molar-refractivity contribution in [1.82, 2.24) is 4.98 Å². The number of anilines is 2. The van der Waals surface area contributed by atoms with E-state index in [1.807, 2.05) is 6.26 Å². The van der Waals surface area contributed by atoms with E-state index in [0.29, 0.717) is 5.69 Å². The van der Waals surface area contributed by atoms with Gasteiger partial charge in [-0.25, -0.2) is 13.4 Å². The van der Waals surface area contributed by atoms with Crippen molar-refractivity contribution in [2.75, 3.05) is 22.4 Å². The molecule has 0 fully saturated rings. The first-order chi connectivity index (χ1) is 17.9. The maximum atomic E-state index is 13.5. The molecule has 0 aliphatic carbocycles. The number of fused-ring (bicyclic) bond motifs is 1. The highest BCUT2D eigenvalue weighted by Gasteiger charge is 2.32. The van der Waals surface area contributed by atoms with Crippen LogP contribution in [0.3, 0.4) is 0 Å². The van der Waals surface area contributed by atoms with Crippen LogP contribution in [0, 0.1) is 0 Å². The van der Waals surface area contributed by atoms with Gasteiger partial charge in [0.05, 0.1) is 43.5 Å². The first-order valence-electron chi connectivity index (χ1n) is 10.8. The van der Waals surface area contributed by atoms with Crippen molar-refractivity contribution in [2.24, 2.45) is 0 Å². The molecule has 0 saturated heterocycles. The van der Waals surface area contributed by atoms with Gasteiger partial charge in [0.2, 0.25) is 0 Å². The standard InChI is InChI=1S/C25H19ClF3N3O3S3/c1-3-11-32(17-6-4-5-15(12-17)25(27,28)29)38(34,35)18-8-9-20(26)19(14-18)23(33)30-16-7-10-21-22(13-16)37-24(31-21)36-2/h3-10,12-14H,1,11H2,2H3,(H,30,33). The van der Waals surface area contributed by atoms with Gasteiger partial charge in [-0.1, -0.05) is 35.5 Å². The third kappa shape index (κ3) is 5.83. The summed E-state index contributed by atoms with van der Waals surface area (Å²) in [5, 5.41) is 2.71. The number of nitrogens with one attached hydrogen (secondary N) is 1. The zero-order valence-electron chi connectivity index (χ0n) is 19.6. The fourth-order valence-electron chi connectivity index (χ4n) is 3.53. The van der Waals surface area contributed by atoms with Crippen LogP contribution in [0.15, 0.2) is 82.6 Å². The largest absolute Gasteiger partial charge is 0.416 e. The molecular weight excluding hydrogens is 579 g/mol. The summed E-state index contributed by atoms with van der Waals surface area (Å²) >= 11 is 9.20. The number of thiazole rings is 1. The van der Waals surface area contributed by atoms with Gasteiger partial charge in [-0.2, -0.15) is 13.2 Å². The number of alkyl halides is 3. The van der Waals surface area contributed by atoms with Gasteiger partial charge in [0.1, 0.15) is 0 Å². The molecule has 4 aromatic rings. The van der Waals surface area contributed by atoms with Crippen LogP contribution < -0.4 is 9.62 Å². The number of halogens is 4. The van der Waals surface area contributed by atoms with E-state index in [1.54, 1.807) is 18.2 Å². The van der Waals surface area contributed by atoms with Gasteiger partial charge in [0.25, 0.3) is 15.9 Å². The SMILES string of the molecule is C=CCN(c1cccc(C(F)(F)F)c1)S(=O)(=O)c1ccc(Cl)c(C(=O)Nc2ccc3nc(SC)sc3c2)c1. The van der Waals surface area contributed by atoms with Crippen LogP contribution in [0.2, 0.25) is 5.02 Å². The molecule has 0 aliphatic rings. The van der Waals surface area contributed by atoms with Crippen LogP contribution in [-0.2, 0) is 16.2 Å². The fraction of sp³-hybridized carbons (Fsp3) is 0.120. The van der Waals surface area contributed by atoms with E-state index in [4.69, 9.17) is 11.6 Å². The number of hydrogen-bond acceptors (Lipinski definition) is 6. The van der Waals surface area contributed by atoms with E-state index in [9.17, 15) is 26.4 Å². The summed E-state index contributed by atoms with van der Waals surface area (Å²) in [7, 11) is -4.41. The van der Waals surface area contributed by atoms with E-state index in [2.05, 4.69) is 16.9 Å². The molecular formula is C25H19ClF3N3O3S3. The van der Waals surface area contributed by atoms with E-state index in [1.165, 1.54) is 47.4 Å². The highest BCUT2D eigenvalue weighted by Crippen LogP contribution is 2.34. The number of amides is 1. The fourth-order valence-corrected chi connectivity index (χ4v) is 6.72. The average molecular weight is 598 g/mol. The second-order valence-electron chi connectivity index (χ2n) is 7.84. The Kier molecular flexibility index (Phi) is 8.07. The lowest BCUT2D eigenvalue weighted by atomic mass is 10.2. The Bertz CT molecular complexity index is 1640. The summed E-state index contributed by atoms with van der Waals surface area (Å²) in [5.74, 6) is -0.657. The van der Waals surface area contributed by atoms with Crippen LogP contribution in [0.4, 0.5) is 24.5 Å². The van der Waals surface area contributed by atoms with Crippen molar-refractivity contribution in [3.8, 4) is 0 Å². The molecule has 1 heterocycles.